The Morgan fingerprint density at radius 2 is 2.33 bits per heavy atom. The molecule has 1 aromatic rings. The van der Waals surface area contributed by atoms with Crippen LogP contribution in [-0.2, 0) is 9.53 Å². The van der Waals surface area contributed by atoms with Crippen LogP contribution in [0, 0.1) is 6.92 Å². The maximum Gasteiger partial charge on any atom is 0.243 e. The van der Waals surface area contributed by atoms with Crippen molar-refractivity contribution in [3.8, 4) is 0 Å². The fourth-order valence-corrected chi connectivity index (χ4v) is 1.87. The molecule has 6 heteroatoms. The number of ether oxygens (including phenoxy) is 1. The molecule has 1 aliphatic heterocycles. The van der Waals surface area contributed by atoms with Gasteiger partial charge < -0.3 is 15.4 Å². The Hall–Kier alpha value is -0.810. The topological polar surface area (TPSA) is 50.4 Å². The molecule has 1 unspecified atom stereocenters. The summed E-state index contributed by atoms with van der Waals surface area (Å²) in [7, 11) is 0. The summed E-state index contributed by atoms with van der Waals surface area (Å²) < 4.78 is 5.25. The van der Waals surface area contributed by atoms with Gasteiger partial charge in [0.15, 0.2) is 0 Å². The van der Waals surface area contributed by atoms with E-state index in [0.717, 1.165) is 11.3 Å². The molecule has 100 valence electrons. The molecule has 1 amide bonds. The summed E-state index contributed by atoms with van der Waals surface area (Å²) in [6.45, 7) is 3.64. The third-order valence-corrected chi connectivity index (χ3v) is 3.17. The standard InChI is InChI=1S/C12H15ClN2O2.ClH/c1-8-9(13)3-2-4-10(8)15-12(16)11-7-17-6-5-14-11;/h2-4,11,14H,5-7H2,1H3,(H,15,16);1H. The van der Waals surface area contributed by atoms with Crippen molar-refractivity contribution in [2.75, 3.05) is 25.1 Å². The highest BCUT2D eigenvalue weighted by molar-refractivity contribution is 6.31. The van der Waals surface area contributed by atoms with E-state index in [1.165, 1.54) is 0 Å². The number of halogens is 2. The highest BCUT2D eigenvalue weighted by Crippen LogP contribution is 2.23. The number of anilines is 1. The summed E-state index contributed by atoms with van der Waals surface area (Å²) in [5, 5.41) is 6.61. The Morgan fingerprint density at radius 1 is 1.56 bits per heavy atom. The molecule has 1 heterocycles. The first-order valence-corrected chi connectivity index (χ1v) is 5.93. The number of carbonyl (C=O) groups is 1. The quantitative estimate of drug-likeness (QED) is 0.876. The predicted molar refractivity (Wildman–Crippen MR) is 74.7 cm³/mol. The van der Waals surface area contributed by atoms with E-state index in [1.54, 1.807) is 6.07 Å². The Bertz CT molecular complexity index is 421. The molecule has 18 heavy (non-hydrogen) atoms. The van der Waals surface area contributed by atoms with E-state index in [9.17, 15) is 4.79 Å². The van der Waals surface area contributed by atoms with Gasteiger partial charge in [0.05, 0.1) is 13.2 Å². The van der Waals surface area contributed by atoms with E-state index in [2.05, 4.69) is 10.6 Å². The molecule has 1 aromatic carbocycles. The molecule has 1 saturated heterocycles. The van der Waals surface area contributed by atoms with Crippen molar-refractivity contribution < 1.29 is 9.53 Å². The first-order chi connectivity index (χ1) is 8.18. The Balaban J connectivity index is 0.00000162. The second-order valence-electron chi connectivity index (χ2n) is 3.98. The average molecular weight is 291 g/mol. The van der Waals surface area contributed by atoms with Gasteiger partial charge in [-0.2, -0.15) is 0 Å². The lowest BCUT2D eigenvalue weighted by Crippen LogP contribution is -2.48. The van der Waals surface area contributed by atoms with Crippen molar-refractivity contribution in [2.45, 2.75) is 13.0 Å². The van der Waals surface area contributed by atoms with Crippen molar-refractivity contribution in [2.24, 2.45) is 0 Å². The summed E-state index contributed by atoms with van der Waals surface area (Å²) in [4.78, 5) is 11.9. The SMILES string of the molecule is Cc1c(Cl)cccc1NC(=O)C1COCCN1.Cl. The normalized spacial score (nSPS) is 18.9. The van der Waals surface area contributed by atoms with Crippen LogP contribution in [0.4, 0.5) is 5.69 Å². The Morgan fingerprint density at radius 3 is 3.00 bits per heavy atom. The number of hydrogen-bond acceptors (Lipinski definition) is 3. The van der Waals surface area contributed by atoms with Crippen molar-refractivity contribution in [1.82, 2.24) is 5.32 Å². The zero-order valence-corrected chi connectivity index (χ0v) is 11.6. The lowest BCUT2D eigenvalue weighted by atomic mass is 10.2. The maximum atomic E-state index is 11.9. The van der Waals surface area contributed by atoms with Crippen molar-refractivity contribution >= 4 is 35.6 Å². The van der Waals surface area contributed by atoms with E-state index in [1.807, 2.05) is 19.1 Å². The minimum atomic E-state index is -0.290. The summed E-state index contributed by atoms with van der Waals surface area (Å²) in [6, 6.07) is 5.16. The molecular formula is C12H16Cl2N2O2. The molecule has 0 saturated carbocycles. The number of rotatable bonds is 2. The number of nitrogens with one attached hydrogen (secondary N) is 2. The van der Waals surface area contributed by atoms with Gasteiger partial charge in [-0.05, 0) is 24.6 Å². The largest absolute Gasteiger partial charge is 0.378 e. The molecule has 0 bridgehead atoms. The van der Waals surface area contributed by atoms with Crippen molar-refractivity contribution in [1.29, 1.82) is 0 Å². The van der Waals surface area contributed by atoms with E-state index in [0.29, 0.717) is 24.8 Å². The third kappa shape index (κ3) is 3.59. The molecule has 1 atom stereocenters. The van der Waals surface area contributed by atoms with Gasteiger partial charge in [0, 0.05) is 17.3 Å². The van der Waals surface area contributed by atoms with Crippen LogP contribution in [0.15, 0.2) is 18.2 Å². The smallest absolute Gasteiger partial charge is 0.243 e. The highest BCUT2D eigenvalue weighted by Gasteiger charge is 2.21. The van der Waals surface area contributed by atoms with Gasteiger partial charge in [0.2, 0.25) is 5.91 Å². The summed E-state index contributed by atoms with van der Waals surface area (Å²) in [5.41, 5.74) is 1.62. The first kappa shape index (κ1) is 15.2. The van der Waals surface area contributed by atoms with Crippen LogP contribution < -0.4 is 10.6 Å². The number of carbonyl (C=O) groups excluding carboxylic acids is 1. The first-order valence-electron chi connectivity index (χ1n) is 5.55. The van der Waals surface area contributed by atoms with Crippen molar-refractivity contribution in [3.63, 3.8) is 0 Å². The maximum absolute atomic E-state index is 11.9. The lowest BCUT2D eigenvalue weighted by Gasteiger charge is -2.23. The Labute approximate surface area is 117 Å². The zero-order valence-electron chi connectivity index (χ0n) is 10.0. The minimum absolute atomic E-state index is 0. The van der Waals surface area contributed by atoms with Crippen LogP contribution in [0.2, 0.25) is 5.02 Å². The van der Waals surface area contributed by atoms with Gasteiger partial charge in [-0.15, -0.1) is 12.4 Å². The van der Waals surface area contributed by atoms with Gasteiger partial charge in [-0.3, -0.25) is 4.79 Å². The van der Waals surface area contributed by atoms with E-state index in [-0.39, 0.29) is 24.4 Å². The molecule has 0 aromatic heterocycles. The molecule has 1 aliphatic rings. The summed E-state index contributed by atoms with van der Waals surface area (Å²) in [5.74, 6) is -0.0879. The number of benzene rings is 1. The molecule has 2 N–H and O–H groups in total. The minimum Gasteiger partial charge on any atom is -0.378 e. The van der Waals surface area contributed by atoms with E-state index >= 15 is 0 Å². The molecule has 0 radical (unpaired) electrons. The van der Waals surface area contributed by atoms with Crippen LogP contribution in [0.1, 0.15) is 5.56 Å². The number of morpholine rings is 1. The lowest BCUT2D eigenvalue weighted by molar-refractivity contribution is -0.120. The van der Waals surface area contributed by atoms with Crippen molar-refractivity contribution in [3.05, 3.63) is 28.8 Å². The highest BCUT2D eigenvalue weighted by atomic mass is 35.5. The third-order valence-electron chi connectivity index (χ3n) is 2.76. The van der Waals surface area contributed by atoms with E-state index in [4.69, 9.17) is 16.3 Å². The van der Waals surface area contributed by atoms with Crippen LogP contribution in [0.5, 0.6) is 0 Å². The zero-order chi connectivity index (χ0) is 12.3. The second kappa shape index (κ2) is 6.95. The van der Waals surface area contributed by atoms with Gasteiger partial charge in [-0.1, -0.05) is 17.7 Å². The molecule has 4 nitrogen and oxygen atoms in total. The summed E-state index contributed by atoms with van der Waals surface area (Å²) in [6.07, 6.45) is 0. The fourth-order valence-electron chi connectivity index (χ4n) is 1.70. The molecule has 2 rings (SSSR count). The molecule has 0 spiro atoms. The predicted octanol–water partition coefficient (Wildman–Crippen LogP) is 2.00. The van der Waals surface area contributed by atoms with Crippen LogP contribution in [0.3, 0.4) is 0 Å². The van der Waals surface area contributed by atoms with Gasteiger partial charge in [0.1, 0.15) is 6.04 Å². The van der Waals surface area contributed by atoms with Crippen LogP contribution in [0.25, 0.3) is 0 Å². The number of hydrogen-bond donors (Lipinski definition) is 2. The average Bonchev–Trinajstić information content (AvgIpc) is 2.36. The van der Waals surface area contributed by atoms with Crippen LogP contribution >= 0.6 is 24.0 Å². The fraction of sp³-hybridized carbons (Fsp3) is 0.417. The van der Waals surface area contributed by atoms with E-state index < -0.39 is 0 Å². The number of amides is 1. The molecule has 0 aliphatic carbocycles. The van der Waals surface area contributed by atoms with Gasteiger partial charge in [0.25, 0.3) is 0 Å². The molecule has 1 fully saturated rings. The molecular weight excluding hydrogens is 275 g/mol. The monoisotopic (exact) mass is 290 g/mol. The Kier molecular flexibility index (Phi) is 5.88. The van der Waals surface area contributed by atoms with Gasteiger partial charge >= 0.3 is 0 Å². The summed E-state index contributed by atoms with van der Waals surface area (Å²) >= 11 is 5.99. The van der Waals surface area contributed by atoms with Gasteiger partial charge in [-0.25, -0.2) is 0 Å². The second-order valence-corrected chi connectivity index (χ2v) is 4.39. The van der Waals surface area contributed by atoms with Crippen LogP contribution in [-0.4, -0.2) is 31.7 Å².